The minimum absolute atomic E-state index is 0.00845. The Kier molecular flexibility index (Phi) is 12.1. The molecule has 3 aromatic carbocycles. The Balaban J connectivity index is 1.22. The summed E-state index contributed by atoms with van der Waals surface area (Å²) in [5.74, 6) is -2.28. The van der Waals surface area contributed by atoms with Crippen molar-refractivity contribution in [3.63, 3.8) is 0 Å². The number of likely N-dealkylation sites (tertiary alicyclic amines) is 2. The summed E-state index contributed by atoms with van der Waals surface area (Å²) in [7, 11) is -2.69. The Labute approximate surface area is 351 Å². The number of carbonyl (C=O) groups excluding carboxylic acids is 4. The third kappa shape index (κ3) is 8.89. The Bertz CT molecular complexity index is 2380. The largest absolute Gasteiger partial charge is 0.497 e. The van der Waals surface area contributed by atoms with Crippen LogP contribution in [-0.2, 0) is 29.2 Å². The first-order chi connectivity index (χ1) is 28.6. The molecule has 5 atom stereocenters. The van der Waals surface area contributed by atoms with E-state index in [-0.39, 0.29) is 42.5 Å². The predicted molar refractivity (Wildman–Crippen MR) is 227 cm³/mol. The van der Waals surface area contributed by atoms with Gasteiger partial charge in [0.2, 0.25) is 17.7 Å². The molecular formula is C46H53N5O8S. The molecule has 0 radical (unpaired) electrons. The van der Waals surface area contributed by atoms with Gasteiger partial charge in [-0.2, -0.15) is 0 Å². The Morgan fingerprint density at radius 2 is 1.65 bits per heavy atom. The number of sulfonamides is 1. The monoisotopic (exact) mass is 835 g/mol. The molecule has 1 aromatic heterocycles. The maximum atomic E-state index is 14.9. The molecular weight excluding hydrogens is 783 g/mol. The van der Waals surface area contributed by atoms with E-state index < -0.39 is 56.8 Å². The zero-order chi connectivity index (χ0) is 42.8. The summed E-state index contributed by atoms with van der Waals surface area (Å²) in [6.45, 7) is 10.8. The highest BCUT2D eigenvalue weighted by Crippen LogP contribution is 2.46. The number of amides is 4. The second-order valence-electron chi connectivity index (χ2n) is 17.1. The molecule has 2 saturated heterocycles. The van der Waals surface area contributed by atoms with Gasteiger partial charge in [-0.05, 0) is 55.4 Å². The van der Waals surface area contributed by atoms with Crippen LogP contribution in [0.2, 0.25) is 0 Å². The van der Waals surface area contributed by atoms with E-state index in [1.807, 2.05) is 74.2 Å². The van der Waals surface area contributed by atoms with E-state index in [9.17, 15) is 27.6 Å². The van der Waals surface area contributed by atoms with E-state index in [4.69, 9.17) is 14.5 Å². The number of hydrogen-bond donors (Lipinski definition) is 2. The number of ether oxygens (including phenoxy) is 2. The normalized spacial score (nSPS) is 22.1. The fourth-order valence-electron chi connectivity index (χ4n) is 8.33. The van der Waals surface area contributed by atoms with Crippen LogP contribution < -0.4 is 19.5 Å². The average Bonchev–Trinajstić information content (AvgIpc) is 3.81. The lowest BCUT2D eigenvalue weighted by Gasteiger charge is -2.36. The number of hydrogen-bond acceptors (Lipinski definition) is 9. The fraction of sp³-hybridized carbons (Fsp3) is 0.413. The third-order valence-electron chi connectivity index (χ3n) is 12.0. The number of pyridine rings is 1. The van der Waals surface area contributed by atoms with Gasteiger partial charge in [0.15, 0.2) is 0 Å². The van der Waals surface area contributed by atoms with Gasteiger partial charge in [-0.1, -0.05) is 75.4 Å². The van der Waals surface area contributed by atoms with Gasteiger partial charge in [-0.25, -0.2) is 18.1 Å². The van der Waals surface area contributed by atoms with Gasteiger partial charge in [-0.15, -0.1) is 6.58 Å². The van der Waals surface area contributed by atoms with Gasteiger partial charge in [-0.3, -0.25) is 19.2 Å². The van der Waals surface area contributed by atoms with Crippen LogP contribution >= 0.6 is 0 Å². The van der Waals surface area contributed by atoms with E-state index in [2.05, 4.69) is 16.6 Å². The fourth-order valence-corrected chi connectivity index (χ4v) is 9.39. The molecule has 3 fully saturated rings. The van der Waals surface area contributed by atoms with E-state index >= 15 is 0 Å². The van der Waals surface area contributed by atoms with E-state index in [1.54, 1.807) is 31.4 Å². The van der Waals surface area contributed by atoms with Gasteiger partial charge in [0.1, 0.15) is 29.2 Å². The molecule has 4 amide bonds. The van der Waals surface area contributed by atoms with E-state index in [0.29, 0.717) is 41.2 Å². The maximum Gasteiger partial charge on any atom is 0.264 e. The van der Waals surface area contributed by atoms with Crippen molar-refractivity contribution < 1.29 is 37.1 Å². The highest BCUT2D eigenvalue weighted by molar-refractivity contribution is 7.90. The third-order valence-corrected chi connectivity index (χ3v) is 13.3. The molecule has 0 bridgehead atoms. The summed E-state index contributed by atoms with van der Waals surface area (Å²) in [5.41, 5.74) is -0.147. The van der Waals surface area contributed by atoms with Crippen LogP contribution in [0, 0.1) is 17.3 Å². The van der Waals surface area contributed by atoms with Crippen LogP contribution in [0.5, 0.6) is 11.5 Å². The van der Waals surface area contributed by atoms with Gasteiger partial charge in [0, 0.05) is 54.9 Å². The molecule has 14 heteroatoms. The number of benzene rings is 3. The van der Waals surface area contributed by atoms with Crippen LogP contribution in [0.15, 0.2) is 102 Å². The van der Waals surface area contributed by atoms with Crippen molar-refractivity contribution in [2.75, 3.05) is 26.7 Å². The molecule has 2 N–H and O–H groups in total. The topological polar surface area (TPSA) is 164 Å². The van der Waals surface area contributed by atoms with E-state index in [1.165, 1.54) is 23.1 Å². The number of nitrogens with zero attached hydrogens (tertiary/aromatic N) is 3. The van der Waals surface area contributed by atoms with Crippen LogP contribution in [-0.4, -0.2) is 91.3 Å². The van der Waals surface area contributed by atoms with Gasteiger partial charge in [0.25, 0.3) is 15.9 Å². The van der Waals surface area contributed by atoms with Crippen LogP contribution in [0.25, 0.3) is 22.2 Å². The average molecular weight is 836 g/mol. The molecule has 3 heterocycles. The lowest BCUT2D eigenvalue weighted by Crippen LogP contribution is -2.57. The Hall–Kier alpha value is -5.76. The summed E-state index contributed by atoms with van der Waals surface area (Å²) in [4.78, 5) is 65.3. The van der Waals surface area contributed by atoms with Crippen molar-refractivity contribution in [1.82, 2.24) is 24.8 Å². The second kappa shape index (κ2) is 17.1. The molecule has 316 valence electrons. The number of methoxy groups -OCH3 is 1. The minimum atomic E-state index is -4.27. The summed E-state index contributed by atoms with van der Waals surface area (Å²) in [5, 5.41) is 3.56. The summed E-state index contributed by atoms with van der Waals surface area (Å²) in [6.07, 6.45) is 3.81. The van der Waals surface area contributed by atoms with Crippen LogP contribution in [0.1, 0.15) is 59.3 Å². The zero-order valence-corrected chi connectivity index (χ0v) is 35.4. The highest BCUT2D eigenvalue weighted by Gasteiger charge is 2.61. The van der Waals surface area contributed by atoms with Crippen molar-refractivity contribution >= 4 is 44.6 Å². The van der Waals surface area contributed by atoms with Crippen molar-refractivity contribution in [3.8, 4) is 22.8 Å². The number of rotatable bonds is 13. The first-order valence-electron chi connectivity index (χ1n) is 20.5. The predicted octanol–water partition coefficient (Wildman–Crippen LogP) is 5.89. The quantitative estimate of drug-likeness (QED) is 0.156. The van der Waals surface area contributed by atoms with Gasteiger partial charge < -0.3 is 24.6 Å². The van der Waals surface area contributed by atoms with Crippen molar-refractivity contribution in [2.45, 2.75) is 81.9 Å². The molecule has 1 saturated carbocycles. The zero-order valence-electron chi connectivity index (χ0n) is 34.6. The smallest absolute Gasteiger partial charge is 0.264 e. The SMILES string of the molecule is C=C[C@@H]1C[C@]1(NC(=O)[C@@H]1C[C@@H](Oc2cc(-c3ccccc3)nc3cc(OC)ccc23)CN1C(=O)[C@@H](CC(=O)N1CCCCC1)C(C)(C)C)C(=O)NS(=O)(=O)c1ccccc1. The second-order valence-corrected chi connectivity index (χ2v) is 18.7. The molecule has 2 aliphatic heterocycles. The molecule has 1 aliphatic carbocycles. The molecule has 0 spiro atoms. The summed E-state index contributed by atoms with van der Waals surface area (Å²) < 4.78 is 40.9. The van der Waals surface area contributed by atoms with Gasteiger partial charge in [0.05, 0.1) is 35.7 Å². The lowest BCUT2D eigenvalue weighted by atomic mass is 9.77. The molecule has 7 rings (SSSR count). The molecule has 0 unspecified atom stereocenters. The number of carbonyl (C=O) groups is 4. The number of piperidine rings is 1. The highest BCUT2D eigenvalue weighted by atomic mass is 32.2. The number of nitrogens with one attached hydrogen (secondary N) is 2. The number of fused-ring (bicyclic) bond motifs is 1. The minimum Gasteiger partial charge on any atom is -0.497 e. The lowest BCUT2D eigenvalue weighted by molar-refractivity contribution is -0.148. The van der Waals surface area contributed by atoms with Crippen molar-refractivity contribution in [1.29, 1.82) is 0 Å². The van der Waals surface area contributed by atoms with Crippen LogP contribution in [0.3, 0.4) is 0 Å². The first-order valence-corrected chi connectivity index (χ1v) is 22.0. The summed E-state index contributed by atoms with van der Waals surface area (Å²) in [6, 6.07) is 23.3. The van der Waals surface area contributed by atoms with Crippen molar-refractivity contribution in [3.05, 3.63) is 97.6 Å². The molecule has 3 aliphatic rings. The Morgan fingerprint density at radius 1 is 0.967 bits per heavy atom. The van der Waals surface area contributed by atoms with Crippen LogP contribution in [0.4, 0.5) is 0 Å². The first kappa shape index (κ1) is 42.4. The van der Waals surface area contributed by atoms with Gasteiger partial charge >= 0.3 is 0 Å². The summed E-state index contributed by atoms with van der Waals surface area (Å²) >= 11 is 0. The molecule has 4 aromatic rings. The molecule has 13 nitrogen and oxygen atoms in total. The Morgan fingerprint density at radius 3 is 2.28 bits per heavy atom. The van der Waals surface area contributed by atoms with Crippen molar-refractivity contribution in [2.24, 2.45) is 17.3 Å². The standard InChI is InChI=1S/C46H53N5O8S/c1-6-31-28-46(31,44(55)49-60(56,57)34-18-12-8-13-19-34)48-42(53)39-25-33(29-51(39)43(54)36(45(2,3)4)26-41(52)50-22-14-9-15-23-50)59-40-27-37(30-16-10-7-11-17-30)47-38-24-32(58-5)20-21-35(38)40/h6-8,10-13,16-21,24,27,31,33,36,39H,1,9,14-15,22-23,25-26,28-29H2,2-5H3,(H,48,53)(H,49,55)/t31-,33-,36-,39+,46-/m1/s1. The van der Waals surface area contributed by atoms with E-state index in [0.717, 1.165) is 24.8 Å². The number of aromatic nitrogens is 1. The molecule has 60 heavy (non-hydrogen) atoms. The maximum absolute atomic E-state index is 14.9.